The van der Waals surface area contributed by atoms with E-state index in [0.29, 0.717) is 25.6 Å². The van der Waals surface area contributed by atoms with Gasteiger partial charge in [0.15, 0.2) is 5.82 Å². The van der Waals surface area contributed by atoms with Crippen LogP contribution in [-0.4, -0.2) is 41.1 Å². The van der Waals surface area contributed by atoms with E-state index in [4.69, 9.17) is 19.4 Å². The second-order valence-electron chi connectivity index (χ2n) is 9.39. The number of nitrogens with one attached hydrogen (secondary N) is 3. The van der Waals surface area contributed by atoms with E-state index in [9.17, 15) is 4.21 Å². The van der Waals surface area contributed by atoms with Crippen LogP contribution in [0.3, 0.4) is 0 Å². The highest BCUT2D eigenvalue weighted by molar-refractivity contribution is 7.77. The van der Waals surface area contributed by atoms with Gasteiger partial charge >= 0.3 is 0 Å². The summed E-state index contributed by atoms with van der Waals surface area (Å²) in [4.78, 5) is 7.33. The zero-order valence-corrected chi connectivity index (χ0v) is 21.7. The molecule has 4 heterocycles. The van der Waals surface area contributed by atoms with Crippen molar-refractivity contribution in [2.75, 3.05) is 18.5 Å². The van der Waals surface area contributed by atoms with Gasteiger partial charge in [-0.1, -0.05) is 42.5 Å². The van der Waals surface area contributed by atoms with E-state index in [0.717, 1.165) is 52.2 Å². The summed E-state index contributed by atoms with van der Waals surface area (Å²) in [6.07, 6.45) is 0.965. The smallest absolute Gasteiger partial charge is 0.254 e. The van der Waals surface area contributed by atoms with Gasteiger partial charge in [0.05, 0.1) is 12.1 Å². The molecule has 1 saturated heterocycles. The van der Waals surface area contributed by atoms with Crippen LogP contribution in [0.4, 0.5) is 5.82 Å². The normalized spacial score (nSPS) is 16.4. The van der Waals surface area contributed by atoms with Crippen LogP contribution in [0.1, 0.15) is 34.9 Å². The van der Waals surface area contributed by atoms with E-state index < -0.39 is 11.3 Å². The molecule has 1 aliphatic rings. The van der Waals surface area contributed by atoms with Gasteiger partial charge in [-0.05, 0) is 48.7 Å². The highest BCUT2D eigenvalue weighted by Crippen LogP contribution is 2.31. The van der Waals surface area contributed by atoms with Gasteiger partial charge in [-0.15, -0.1) is 5.10 Å². The average molecular weight is 532 g/mol. The monoisotopic (exact) mass is 531 g/mol. The Bertz CT molecular complexity index is 1610. The van der Waals surface area contributed by atoms with Crippen LogP contribution in [0, 0.1) is 6.92 Å². The Morgan fingerprint density at radius 2 is 1.95 bits per heavy atom. The lowest BCUT2D eigenvalue weighted by molar-refractivity contribution is 0.193. The van der Waals surface area contributed by atoms with Gasteiger partial charge in [0.1, 0.15) is 5.52 Å². The summed E-state index contributed by atoms with van der Waals surface area (Å²) in [6, 6.07) is 22.5. The number of nitrogens with zero attached hydrogens (tertiary/aromatic N) is 4. The Labute approximate surface area is 222 Å². The first kappa shape index (κ1) is 24.7. The summed E-state index contributed by atoms with van der Waals surface area (Å²) in [5.74, 6) is 1.61. The first-order valence-electron chi connectivity index (χ1n) is 12.5. The van der Waals surface area contributed by atoms with Crippen molar-refractivity contribution in [2.45, 2.75) is 32.4 Å². The predicted octanol–water partition coefficient (Wildman–Crippen LogP) is 3.83. The largest absolute Gasteiger partial charge is 0.381 e. The van der Waals surface area contributed by atoms with Crippen LogP contribution in [0.5, 0.6) is 0 Å². The average Bonchev–Trinajstić information content (AvgIpc) is 3.66. The van der Waals surface area contributed by atoms with Crippen molar-refractivity contribution in [1.29, 1.82) is 0 Å². The second-order valence-corrected chi connectivity index (χ2v) is 10.1. The van der Waals surface area contributed by atoms with Crippen LogP contribution in [0.15, 0.2) is 66.7 Å². The third kappa shape index (κ3) is 4.82. The number of hydrazine groups is 1. The molecule has 5 aromatic rings. The molecule has 38 heavy (non-hydrogen) atoms. The van der Waals surface area contributed by atoms with Crippen molar-refractivity contribution in [2.24, 2.45) is 0 Å². The van der Waals surface area contributed by atoms with Crippen molar-refractivity contribution >= 4 is 33.5 Å². The lowest BCUT2D eigenvalue weighted by atomic mass is 10.1. The highest BCUT2D eigenvalue weighted by Gasteiger charge is 2.24. The van der Waals surface area contributed by atoms with Crippen LogP contribution in [0.2, 0.25) is 0 Å². The molecular weight excluding hydrogens is 502 g/mol. The van der Waals surface area contributed by atoms with Gasteiger partial charge in [-0.25, -0.2) is 14.2 Å². The van der Waals surface area contributed by atoms with E-state index in [1.807, 2.05) is 47.8 Å². The molecule has 2 atom stereocenters. The Morgan fingerprint density at radius 3 is 2.74 bits per heavy atom. The number of hydrogen-bond donors (Lipinski definition) is 4. The van der Waals surface area contributed by atoms with Gasteiger partial charge < -0.3 is 10.1 Å². The zero-order valence-electron chi connectivity index (χ0n) is 20.9. The van der Waals surface area contributed by atoms with Crippen molar-refractivity contribution in [1.82, 2.24) is 29.4 Å². The maximum atomic E-state index is 11.0. The zero-order chi connectivity index (χ0) is 26.1. The third-order valence-electron chi connectivity index (χ3n) is 6.94. The molecule has 0 amide bonds. The molecule has 0 radical (unpaired) electrons. The molecule has 2 unspecified atom stereocenters. The van der Waals surface area contributed by atoms with E-state index >= 15 is 0 Å². The third-order valence-corrected chi connectivity index (χ3v) is 7.26. The Morgan fingerprint density at radius 1 is 1.08 bits per heavy atom. The van der Waals surface area contributed by atoms with Crippen molar-refractivity contribution in [3.05, 3.63) is 89.2 Å². The van der Waals surface area contributed by atoms with E-state index in [1.165, 1.54) is 5.56 Å². The van der Waals surface area contributed by atoms with Crippen LogP contribution >= 0.6 is 0 Å². The lowest BCUT2D eigenvalue weighted by Gasteiger charge is -2.15. The molecule has 11 heteroatoms. The maximum Gasteiger partial charge on any atom is 0.254 e. The van der Waals surface area contributed by atoms with Crippen molar-refractivity contribution in [3.63, 3.8) is 0 Å². The number of ether oxygens (including phenoxy) is 1. The Kier molecular flexibility index (Phi) is 6.92. The first-order valence-corrected chi connectivity index (χ1v) is 13.6. The van der Waals surface area contributed by atoms with Crippen LogP contribution < -0.4 is 15.6 Å². The number of aryl methyl sites for hydroxylation is 1. The van der Waals surface area contributed by atoms with E-state index in [-0.39, 0.29) is 5.92 Å². The number of anilines is 1. The van der Waals surface area contributed by atoms with Crippen molar-refractivity contribution < 1.29 is 13.5 Å². The van der Waals surface area contributed by atoms with Gasteiger partial charge in [0.25, 0.3) is 5.95 Å². The number of benzene rings is 2. The minimum atomic E-state index is -2.14. The van der Waals surface area contributed by atoms with Gasteiger partial charge in [-0.2, -0.15) is 9.82 Å². The van der Waals surface area contributed by atoms with Crippen molar-refractivity contribution in [3.8, 4) is 5.95 Å². The molecule has 4 N–H and O–H groups in total. The molecule has 0 bridgehead atoms. The standard InChI is InChI=1S/C27H29N7O3S/c1-18-14-22-20(16-29-32-38(35)36)8-5-9-24(22)33(18)27-30-26(28-15-19-6-3-2-4-7-19)25-11-10-23(34(25)31-27)21-12-13-37-17-21/h2-11,14,21,29,32H,12-13,15-17H2,1H3,(H,35,36)(H,28,30,31). The summed E-state index contributed by atoms with van der Waals surface area (Å²) in [5.41, 5.74) is 8.93. The molecule has 6 rings (SSSR count). The molecule has 0 aliphatic carbocycles. The molecule has 0 spiro atoms. The Balaban J connectivity index is 1.45. The number of fused-ring (bicyclic) bond motifs is 2. The number of hydrogen-bond acceptors (Lipinski definition) is 6. The number of aromatic nitrogens is 4. The molecule has 1 fully saturated rings. The fourth-order valence-corrected chi connectivity index (χ4v) is 5.32. The number of rotatable bonds is 9. The van der Waals surface area contributed by atoms with Crippen LogP contribution in [-0.2, 0) is 29.1 Å². The fraction of sp³-hybridized carbons (Fsp3) is 0.259. The van der Waals surface area contributed by atoms with Gasteiger partial charge in [0.2, 0.25) is 11.3 Å². The topological polar surface area (TPSA) is 118 Å². The maximum absolute atomic E-state index is 11.0. The summed E-state index contributed by atoms with van der Waals surface area (Å²) < 4.78 is 29.7. The quantitative estimate of drug-likeness (QED) is 0.169. The lowest BCUT2D eigenvalue weighted by Crippen LogP contribution is -2.32. The molecule has 196 valence electrons. The minimum absolute atomic E-state index is 0.284. The highest BCUT2D eigenvalue weighted by atomic mass is 32.2. The summed E-state index contributed by atoms with van der Waals surface area (Å²) >= 11 is -2.14. The molecule has 2 aromatic carbocycles. The molecule has 10 nitrogen and oxygen atoms in total. The fourth-order valence-electron chi connectivity index (χ4n) is 5.12. The molecule has 3 aromatic heterocycles. The van der Waals surface area contributed by atoms with Crippen LogP contribution in [0.25, 0.3) is 22.4 Å². The van der Waals surface area contributed by atoms with E-state index in [1.54, 1.807) is 0 Å². The minimum Gasteiger partial charge on any atom is -0.381 e. The summed E-state index contributed by atoms with van der Waals surface area (Å²) in [6.45, 7) is 4.49. The van der Waals surface area contributed by atoms with Gasteiger partial charge in [-0.3, -0.25) is 9.12 Å². The predicted molar refractivity (Wildman–Crippen MR) is 147 cm³/mol. The van der Waals surface area contributed by atoms with Gasteiger partial charge in [0, 0.05) is 42.4 Å². The summed E-state index contributed by atoms with van der Waals surface area (Å²) in [7, 11) is 0. The second kappa shape index (κ2) is 10.6. The molecule has 1 aliphatic heterocycles. The summed E-state index contributed by atoms with van der Waals surface area (Å²) in [5, 5.41) is 9.59. The first-order chi connectivity index (χ1) is 18.6. The molecular formula is C27H29N7O3S. The molecule has 0 saturated carbocycles. The SMILES string of the molecule is Cc1cc2c(CNNS(=O)O)cccc2n1-c1nc(NCc2ccccc2)c2ccc(C3CCOC3)n2n1. The van der Waals surface area contributed by atoms with E-state index in [2.05, 4.69) is 50.5 Å². The Hall–Kier alpha value is -3.61.